The fourth-order valence-corrected chi connectivity index (χ4v) is 1.60. The number of carboxylic acid groups (broad SMARTS) is 1. The van der Waals surface area contributed by atoms with Gasteiger partial charge in [0.2, 0.25) is 0 Å². The minimum absolute atomic E-state index is 0.203. The Labute approximate surface area is 71.6 Å². The van der Waals surface area contributed by atoms with Crippen molar-refractivity contribution in [1.82, 2.24) is 5.32 Å². The van der Waals surface area contributed by atoms with E-state index in [2.05, 4.69) is 5.32 Å². The van der Waals surface area contributed by atoms with Crippen LogP contribution in [0.15, 0.2) is 0 Å². The molecule has 1 aliphatic rings. The van der Waals surface area contributed by atoms with Crippen LogP contribution in [0.25, 0.3) is 0 Å². The highest BCUT2D eigenvalue weighted by Crippen LogP contribution is 2.18. The van der Waals surface area contributed by atoms with E-state index in [0.29, 0.717) is 12.3 Å². The maximum Gasteiger partial charge on any atom is 0.320 e. The largest absolute Gasteiger partial charge is 0.480 e. The number of hydrogen-bond acceptors (Lipinski definition) is 3. The topological polar surface area (TPSA) is 69.6 Å². The van der Waals surface area contributed by atoms with E-state index in [1.54, 1.807) is 0 Å². The van der Waals surface area contributed by atoms with E-state index in [0.717, 1.165) is 19.4 Å². The monoisotopic (exact) mass is 173 g/mol. The predicted molar refractivity (Wildman–Crippen MR) is 43.9 cm³/mol. The van der Waals surface area contributed by atoms with Gasteiger partial charge in [0.1, 0.15) is 6.04 Å². The summed E-state index contributed by atoms with van der Waals surface area (Å²) >= 11 is 0. The Balaban J connectivity index is 2.21. The van der Waals surface area contributed by atoms with Gasteiger partial charge in [0, 0.05) is 6.61 Å². The third-order valence-electron chi connectivity index (χ3n) is 2.29. The predicted octanol–water partition coefficient (Wildman–Crippen LogP) is -0.178. The van der Waals surface area contributed by atoms with Crippen molar-refractivity contribution in [3.05, 3.63) is 0 Å². The Kier molecular flexibility index (Phi) is 3.49. The molecule has 0 bridgehead atoms. The molecule has 0 aromatic rings. The van der Waals surface area contributed by atoms with Gasteiger partial charge in [-0.3, -0.25) is 4.79 Å². The van der Waals surface area contributed by atoms with Gasteiger partial charge in [-0.05, 0) is 31.7 Å². The Morgan fingerprint density at radius 3 is 2.83 bits per heavy atom. The fraction of sp³-hybridized carbons (Fsp3) is 0.875. The molecule has 4 nitrogen and oxygen atoms in total. The third kappa shape index (κ3) is 2.46. The summed E-state index contributed by atoms with van der Waals surface area (Å²) in [6.07, 6.45) is 2.40. The summed E-state index contributed by atoms with van der Waals surface area (Å²) in [5, 5.41) is 20.1. The lowest BCUT2D eigenvalue weighted by atomic mass is 10.0. The van der Waals surface area contributed by atoms with E-state index in [4.69, 9.17) is 10.2 Å². The molecule has 2 atom stereocenters. The minimum Gasteiger partial charge on any atom is -0.480 e. The van der Waals surface area contributed by atoms with Crippen molar-refractivity contribution in [1.29, 1.82) is 0 Å². The zero-order chi connectivity index (χ0) is 8.97. The van der Waals surface area contributed by atoms with E-state index in [9.17, 15) is 4.79 Å². The molecule has 0 aromatic carbocycles. The van der Waals surface area contributed by atoms with Gasteiger partial charge < -0.3 is 15.5 Å². The number of carbonyl (C=O) groups is 1. The van der Waals surface area contributed by atoms with Gasteiger partial charge in [0.25, 0.3) is 0 Å². The highest BCUT2D eigenvalue weighted by molar-refractivity contribution is 5.73. The number of aliphatic carboxylic acids is 1. The molecule has 0 amide bonds. The average Bonchev–Trinajstić information content (AvgIpc) is 2.48. The lowest BCUT2D eigenvalue weighted by Crippen LogP contribution is -2.29. The first-order chi connectivity index (χ1) is 5.74. The molecule has 2 unspecified atom stereocenters. The quantitative estimate of drug-likeness (QED) is 0.551. The van der Waals surface area contributed by atoms with E-state index in [-0.39, 0.29) is 12.6 Å². The summed E-state index contributed by atoms with van der Waals surface area (Å²) in [7, 11) is 0. The number of aliphatic hydroxyl groups is 1. The molecule has 0 aliphatic carbocycles. The van der Waals surface area contributed by atoms with E-state index in [1.807, 2.05) is 0 Å². The second-order valence-corrected chi connectivity index (χ2v) is 3.27. The first-order valence-electron chi connectivity index (χ1n) is 4.31. The second kappa shape index (κ2) is 4.42. The number of carboxylic acids is 1. The normalized spacial score (nSPS) is 29.1. The molecule has 1 fully saturated rings. The summed E-state index contributed by atoms with van der Waals surface area (Å²) < 4.78 is 0. The Bertz CT molecular complexity index is 160. The fourth-order valence-electron chi connectivity index (χ4n) is 1.60. The maximum atomic E-state index is 10.5. The maximum absolute atomic E-state index is 10.5. The molecule has 3 N–H and O–H groups in total. The van der Waals surface area contributed by atoms with Crippen molar-refractivity contribution in [3.63, 3.8) is 0 Å². The van der Waals surface area contributed by atoms with Gasteiger partial charge in [0.05, 0.1) is 0 Å². The van der Waals surface area contributed by atoms with Crippen LogP contribution in [0, 0.1) is 5.92 Å². The molecule has 4 heteroatoms. The molecule has 0 saturated carbocycles. The van der Waals surface area contributed by atoms with E-state index < -0.39 is 5.97 Å². The number of rotatable bonds is 4. The lowest BCUT2D eigenvalue weighted by molar-refractivity contribution is -0.139. The van der Waals surface area contributed by atoms with Gasteiger partial charge in [0.15, 0.2) is 0 Å². The Hall–Kier alpha value is -0.610. The summed E-state index contributed by atoms with van der Waals surface area (Å²) in [5.74, 6) is -0.334. The van der Waals surface area contributed by atoms with Crippen LogP contribution in [-0.2, 0) is 4.79 Å². The number of hydrogen-bond donors (Lipinski definition) is 3. The molecule has 1 rings (SSSR count). The van der Waals surface area contributed by atoms with Crippen molar-refractivity contribution in [3.8, 4) is 0 Å². The first-order valence-corrected chi connectivity index (χ1v) is 4.31. The van der Waals surface area contributed by atoms with Crippen LogP contribution >= 0.6 is 0 Å². The van der Waals surface area contributed by atoms with Gasteiger partial charge in [-0.25, -0.2) is 0 Å². The minimum atomic E-state index is -0.763. The highest BCUT2D eigenvalue weighted by atomic mass is 16.4. The number of aliphatic hydroxyl groups excluding tert-OH is 1. The lowest BCUT2D eigenvalue weighted by Gasteiger charge is -2.05. The van der Waals surface area contributed by atoms with Crippen LogP contribution in [0.3, 0.4) is 0 Å². The van der Waals surface area contributed by atoms with Gasteiger partial charge in [-0.15, -0.1) is 0 Å². The zero-order valence-electron chi connectivity index (χ0n) is 6.99. The SMILES string of the molecule is O=C(O)C1CC(CCCO)CN1. The highest BCUT2D eigenvalue weighted by Gasteiger charge is 2.28. The zero-order valence-corrected chi connectivity index (χ0v) is 6.99. The standard InChI is InChI=1S/C8H15NO3/c10-3-1-2-6-4-7(8(11)12)9-5-6/h6-7,9-10H,1-5H2,(H,11,12). The molecule has 0 spiro atoms. The molecule has 0 radical (unpaired) electrons. The molecule has 1 saturated heterocycles. The average molecular weight is 173 g/mol. The molecular weight excluding hydrogens is 158 g/mol. The van der Waals surface area contributed by atoms with Crippen LogP contribution in [0.4, 0.5) is 0 Å². The van der Waals surface area contributed by atoms with Gasteiger partial charge in [-0.2, -0.15) is 0 Å². The van der Waals surface area contributed by atoms with Gasteiger partial charge in [-0.1, -0.05) is 0 Å². The smallest absolute Gasteiger partial charge is 0.320 e. The van der Waals surface area contributed by atoms with Crippen LogP contribution in [0.1, 0.15) is 19.3 Å². The van der Waals surface area contributed by atoms with Crippen molar-refractivity contribution >= 4 is 5.97 Å². The molecule has 12 heavy (non-hydrogen) atoms. The first kappa shape index (κ1) is 9.48. The van der Waals surface area contributed by atoms with Crippen LogP contribution in [0.2, 0.25) is 0 Å². The molecule has 1 heterocycles. The second-order valence-electron chi connectivity index (χ2n) is 3.27. The molecular formula is C8H15NO3. The van der Waals surface area contributed by atoms with Crippen LogP contribution in [0.5, 0.6) is 0 Å². The van der Waals surface area contributed by atoms with Crippen molar-refractivity contribution in [2.45, 2.75) is 25.3 Å². The molecule has 0 aromatic heterocycles. The number of nitrogens with one attached hydrogen (secondary N) is 1. The molecule has 70 valence electrons. The van der Waals surface area contributed by atoms with Crippen LogP contribution in [-0.4, -0.2) is 35.4 Å². The summed E-state index contributed by atoms with van der Waals surface area (Å²) in [6.45, 7) is 0.977. The summed E-state index contributed by atoms with van der Waals surface area (Å²) in [4.78, 5) is 10.5. The van der Waals surface area contributed by atoms with Crippen molar-refractivity contribution in [2.75, 3.05) is 13.2 Å². The Morgan fingerprint density at radius 1 is 1.58 bits per heavy atom. The summed E-state index contributed by atoms with van der Waals surface area (Å²) in [6, 6.07) is -0.367. The van der Waals surface area contributed by atoms with E-state index >= 15 is 0 Å². The van der Waals surface area contributed by atoms with Crippen molar-refractivity contribution in [2.24, 2.45) is 5.92 Å². The molecule has 1 aliphatic heterocycles. The van der Waals surface area contributed by atoms with E-state index in [1.165, 1.54) is 0 Å². The summed E-state index contributed by atoms with van der Waals surface area (Å²) in [5.41, 5.74) is 0. The third-order valence-corrected chi connectivity index (χ3v) is 2.29. The van der Waals surface area contributed by atoms with Crippen molar-refractivity contribution < 1.29 is 15.0 Å². The Morgan fingerprint density at radius 2 is 2.33 bits per heavy atom. The van der Waals surface area contributed by atoms with Gasteiger partial charge >= 0.3 is 5.97 Å². The van der Waals surface area contributed by atoms with Crippen LogP contribution < -0.4 is 5.32 Å².